The molecule has 2 aromatic rings. The van der Waals surface area contributed by atoms with Crippen LogP contribution in [0.3, 0.4) is 0 Å². The van der Waals surface area contributed by atoms with Crippen LogP contribution in [0, 0.1) is 23.5 Å². The molecule has 5 rings (SSSR count). The third-order valence-electron chi connectivity index (χ3n) is 6.82. The van der Waals surface area contributed by atoms with Gasteiger partial charge in [-0.2, -0.15) is 18.2 Å². The number of aromatic nitrogens is 1. The van der Waals surface area contributed by atoms with Crippen LogP contribution in [0.25, 0.3) is 0 Å². The smallest absolute Gasteiger partial charge is 0.396 e. The van der Waals surface area contributed by atoms with E-state index in [0.29, 0.717) is 24.9 Å². The highest BCUT2D eigenvalue weighted by atomic mass is 19.4. The molecule has 2 atom stereocenters. The summed E-state index contributed by atoms with van der Waals surface area (Å²) < 4.78 is 84.4. The summed E-state index contributed by atoms with van der Waals surface area (Å²) in [5, 5.41) is 2.21. The molecule has 0 bridgehead atoms. The Hall–Kier alpha value is -2.89. The van der Waals surface area contributed by atoms with Gasteiger partial charge in [-0.1, -0.05) is 0 Å². The summed E-state index contributed by atoms with van der Waals surface area (Å²) in [5.74, 6) is -3.23. The van der Waals surface area contributed by atoms with Crippen LogP contribution in [-0.4, -0.2) is 49.0 Å². The first-order valence-electron chi connectivity index (χ1n) is 11.3. The summed E-state index contributed by atoms with van der Waals surface area (Å²) in [4.78, 5) is 18.2. The molecule has 1 aromatic heterocycles. The predicted octanol–water partition coefficient (Wildman–Crippen LogP) is 4.71. The predicted molar refractivity (Wildman–Crippen MR) is 113 cm³/mol. The Labute approximate surface area is 197 Å². The van der Waals surface area contributed by atoms with Crippen molar-refractivity contribution in [2.75, 3.05) is 30.4 Å². The van der Waals surface area contributed by atoms with Gasteiger partial charge >= 0.3 is 6.18 Å². The van der Waals surface area contributed by atoms with Crippen LogP contribution in [0.1, 0.15) is 42.4 Å². The van der Waals surface area contributed by atoms with Crippen LogP contribution < -0.4 is 15.0 Å². The Balaban J connectivity index is 1.32. The van der Waals surface area contributed by atoms with Crippen LogP contribution in [0.4, 0.5) is 33.7 Å². The molecule has 1 amide bonds. The average Bonchev–Trinajstić information content (AvgIpc) is 3.14. The van der Waals surface area contributed by atoms with Crippen molar-refractivity contribution >= 4 is 17.6 Å². The summed E-state index contributed by atoms with van der Waals surface area (Å²) in [5.41, 5.74) is -1.42. The Kier molecular flexibility index (Phi) is 5.69. The molecule has 12 heteroatoms. The molecule has 0 radical (unpaired) electrons. The van der Waals surface area contributed by atoms with Crippen molar-refractivity contribution in [2.45, 2.75) is 50.5 Å². The topological polar surface area (TPSA) is 76.8 Å². The van der Waals surface area contributed by atoms with Gasteiger partial charge in [0, 0.05) is 24.9 Å². The van der Waals surface area contributed by atoms with Crippen LogP contribution >= 0.6 is 0 Å². The molecule has 35 heavy (non-hydrogen) atoms. The van der Waals surface area contributed by atoms with Gasteiger partial charge in [0.25, 0.3) is 11.9 Å². The van der Waals surface area contributed by atoms with Crippen molar-refractivity contribution in [1.82, 2.24) is 4.98 Å². The second-order valence-corrected chi connectivity index (χ2v) is 9.76. The molecular weight excluding hydrogens is 477 g/mol. The van der Waals surface area contributed by atoms with Crippen LogP contribution in [-0.2, 0) is 11.2 Å². The number of oxazole rings is 1. The second-order valence-electron chi connectivity index (χ2n) is 9.76. The Morgan fingerprint density at radius 2 is 1.83 bits per heavy atom. The molecule has 7 nitrogen and oxygen atoms in total. The van der Waals surface area contributed by atoms with Gasteiger partial charge in [-0.3, -0.25) is 4.79 Å². The zero-order valence-corrected chi connectivity index (χ0v) is 19.0. The van der Waals surface area contributed by atoms with Gasteiger partial charge in [0.2, 0.25) is 0 Å². The molecule has 1 saturated heterocycles. The molecule has 1 aliphatic heterocycles. The van der Waals surface area contributed by atoms with Gasteiger partial charge in [0.05, 0.1) is 19.2 Å². The van der Waals surface area contributed by atoms with E-state index in [9.17, 15) is 26.7 Å². The van der Waals surface area contributed by atoms with E-state index in [4.69, 9.17) is 13.9 Å². The van der Waals surface area contributed by atoms with E-state index in [1.807, 2.05) is 6.92 Å². The van der Waals surface area contributed by atoms with E-state index in [-0.39, 0.29) is 17.8 Å². The van der Waals surface area contributed by atoms with Gasteiger partial charge in [-0.15, -0.1) is 0 Å². The highest BCUT2D eigenvalue weighted by molar-refractivity contribution is 6.03. The number of hydrogen-bond donors (Lipinski definition) is 1. The van der Waals surface area contributed by atoms with Gasteiger partial charge < -0.3 is 24.1 Å². The molecular formula is C23H24F5N3O4. The zero-order chi connectivity index (χ0) is 25.1. The van der Waals surface area contributed by atoms with Crippen LogP contribution in [0.15, 0.2) is 16.5 Å². The van der Waals surface area contributed by atoms with Crippen molar-refractivity contribution in [1.29, 1.82) is 0 Å². The number of ether oxygens (including phenoxy) is 2. The SMILES string of the molecule is COC1(C)CN(c2nc(C(=O)Nc3cc(F)c(OC4CC5CC5C4)c(F)c3)c(CC(F)(F)F)o2)C1. The first-order valence-corrected chi connectivity index (χ1v) is 11.3. The first-order chi connectivity index (χ1) is 16.4. The molecule has 2 aliphatic carbocycles. The van der Waals surface area contributed by atoms with Crippen LogP contribution in [0.5, 0.6) is 5.75 Å². The fraction of sp³-hybridized carbons (Fsp3) is 0.565. The lowest BCUT2D eigenvalue weighted by Gasteiger charge is -2.45. The minimum atomic E-state index is -4.67. The summed E-state index contributed by atoms with van der Waals surface area (Å²) >= 11 is 0. The van der Waals surface area contributed by atoms with Crippen LogP contribution in [0.2, 0.25) is 0 Å². The molecule has 2 saturated carbocycles. The molecule has 2 heterocycles. The van der Waals surface area contributed by atoms with E-state index in [2.05, 4.69) is 10.3 Å². The number of alkyl halides is 3. The molecule has 0 spiro atoms. The third-order valence-corrected chi connectivity index (χ3v) is 6.82. The van der Waals surface area contributed by atoms with E-state index in [1.165, 1.54) is 12.0 Å². The minimum absolute atomic E-state index is 0.167. The highest BCUT2D eigenvalue weighted by Gasteiger charge is 2.47. The Bertz CT molecular complexity index is 1110. The number of methoxy groups -OCH3 is 1. The molecule has 1 aromatic carbocycles. The maximum atomic E-state index is 14.6. The number of halogens is 5. The number of nitrogens with zero attached hydrogens (tertiary/aromatic N) is 2. The maximum Gasteiger partial charge on any atom is 0.396 e. The number of amides is 1. The van der Waals surface area contributed by atoms with Crippen molar-refractivity contribution in [3.8, 4) is 5.75 Å². The summed E-state index contributed by atoms with van der Waals surface area (Å²) in [6, 6.07) is 1.55. The lowest BCUT2D eigenvalue weighted by molar-refractivity contribution is -0.130. The second kappa shape index (κ2) is 8.35. The quantitative estimate of drug-likeness (QED) is 0.554. The standard InChI is InChI=1S/C23H24F5N3O4/c1-22(33-2)9-31(10-22)21-30-18(17(35-21)8-23(26,27)28)20(32)29-13-6-15(24)19(16(25)7-13)34-14-4-11-3-12(11)5-14/h6-7,11-12,14H,3-5,8-10H2,1-2H3,(H,29,32). The molecule has 3 fully saturated rings. The van der Waals surface area contributed by atoms with Crippen molar-refractivity contribution in [2.24, 2.45) is 11.8 Å². The minimum Gasteiger partial charge on any atom is -0.484 e. The Morgan fingerprint density at radius 3 is 2.40 bits per heavy atom. The summed E-state index contributed by atoms with van der Waals surface area (Å²) in [6.07, 6.45) is -3.84. The summed E-state index contributed by atoms with van der Waals surface area (Å²) in [7, 11) is 1.51. The van der Waals surface area contributed by atoms with Crippen molar-refractivity contribution in [3.63, 3.8) is 0 Å². The maximum absolute atomic E-state index is 14.6. The fourth-order valence-electron chi connectivity index (χ4n) is 4.84. The molecule has 3 aliphatic rings. The normalized spacial score (nSPS) is 24.7. The average molecular weight is 501 g/mol. The Morgan fingerprint density at radius 1 is 1.20 bits per heavy atom. The first kappa shape index (κ1) is 23.8. The largest absolute Gasteiger partial charge is 0.484 e. The molecule has 2 unspecified atom stereocenters. The fourth-order valence-corrected chi connectivity index (χ4v) is 4.84. The van der Waals surface area contributed by atoms with Gasteiger partial charge in [0.1, 0.15) is 17.8 Å². The lowest BCUT2D eigenvalue weighted by atomic mass is 9.97. The van der Waals surface area contributed by atoms with E-state index >= 15 is 0 Å². The number of carbonyl (C=O) groups excluding carboxylic acids is 1. The highest BCUT2D eigenvalue weighted by Crippen LogP contribution is 2.52. The number of hydrogen-bond acceptors (Lipinski definition) is 6. The van der Waals surface area contributed by atoms with Gasteiger partial charge in [-0.05, 0) is 38.0 Å². The number of benzene rings is 1. The van der Waals surface area contributed by atoms with Gasteiger partial charge in [0.15, 0.2) is 23.1 Å². The number of nitrogens with one attached hydrogen (secondary N) is 1. The number of carbonyl (C=O) groups is 1. The third kappa shape index (κ3) is 4.93. The van der Waals surface area contributed by atoms with E-state index in [0.717, 1.165) is 31.4 Å². The lowest BCUT2D eigenvalue weighted by Crippen LogP contribution is -2.61. The molecule has 190 valence electrons. The van der Waals surface area contributed by atoms with Crippen molar-refractivity contribution < 1.29 is 40.6 Å². The zero-order valence-electron chi connectivity index (χ0n) is 19.0. The number of anilines is 2. The number of fused-ring (bicyclic) bond motifs is 1. The number of rotatable bonds is 7. The van der Waals surface area contributed by atoms with E-state index < -0.39 is 52.9 Å². The summed E-state index contributed by atoms with van der Waals surface area (Å²) in [6.45, 7) is 2.41. The molecule has 1 N–H and O–H groups in total. The van der Waals surface area contributed by atoms with E-state index in [1.54, 1.807) is 0 Å². The van der Waals surface area contributed by atoms with Gasteiger partial charge in [-0.25, -0.2) is 8.78 Å². The monoisotopic (exact) mass is 501 g/mol. The van der Waals surface area contributed by atoms with Crippen molar-refractivity contribution in [3.05, 3.63) is 35.2 Å².